The largest absolute Gasteiger partial charge is 0.497 e. The van der Waals surface area contributed by atoms with Crippen LogP contribution in [0.5, 0.6) is 11.5 Å². The average molecular weight is 276 g/mol. The maximum absolute atomic E-state index is 13.1. The van der Waals surface area contributed by atoms with Crippen LogP contribution >= 0.6 is 0 Å². The molecule has 2 rings (SSSR count). The van der Waals surface area contributed by atoms with Gasteiger partial charge < -0.3 is 14.6 Å². The molecule has 20 heavy (non-hydrogen) atoms. The van der Waals surface area contributed by atoms with Crippen molar-refractivity contribution in [1.29, 1.82) is 0 Å². The molecule has 0 aromatic heterocycles. The first-order valence-electron chi connectivity index (χ1n) is 6.33. The van der Waals surface area contributed by atoms with Gasteiger partial charge in [0.25, 0.3) is 0 Å². The summed E-state index contributed by atoms with van der Waals surface area (Å²) >= 11 is 0. The highest BCUT2D eigenvalue weighted by Crippen LogP contribution is 2.30. The molecule has 0 saturated carbocycles. The molecule has 0 fully saturated rings. The third kappa shape index (κ3) is 3.48. The minimum Gasteiger partial charge on any atom is -0.497 e. The number of hydrogen-bond acceptors (Lipinski definition) is 3. The SMILES string of the molecule is COc1ccc([C@@H](C)O)c(OCc2cccc(F)c2)c1. The van der Waals surface area contributed by atoms with Crippen molar-refractivity contribution in [3.05, 3.63) is 59.4 Å². The summed E-state index contributed by atoms with van der Waals surface area (Å²) in [6.45, 7) is 1.89. The normalized spacial score (nSPS) is 12.0. The molecule has 2 aromatic carbocycles. The predicted octanol–water partition coefficient (Wildman–Crippen LogP) is 3.47. The highest BCUT2D eigenvalue weighted by Gasteiger charge is 2.11. The van der Waals surface area contributed by atoms with Crippen molar-refractivity contribution in [3.63, 3.8) is 0 Å². The highest BCUT2D eigenvalue weighted by atomic mass is 19.1. The van der Waals surface area contributed by atoms with E-state index < -0.39 is 6.10 Å². The molecule has 1 atom stereocenters. The first-order chi connectivity index (χ1) is 9.60. The Morgan fingerprint density at radius 3 is 2.65 bits per heavy atom. The van der Waals surface area contributed by atoms with E-state index in [1.54, 1.807) is 44.4 Å². The van der Waals surface area contributed by atoms with Gasteiger partial charge in [-0.15, -0.1) is 0 Å². The summed E-state index contributed by atoms with van der Waals surface area (Å²) in [4.78, 5) is 0. The van der Waals surface area contributed by atoms with Crippen molar-refractivity contribution in [2.75, 3.05) is 7.11 Å². The molecule has 0 aliphatic heterocycles. The fourth-order valence-corrected chi connectivity index (χ4v) is 1.90. The van der Waals surface area contributed by atoms with Crippen LogP contribution in [-0.4, -0.2) is 12.2 Å². The van der Waals surface area contributed by atoms with Gasteiger partial charge in [-0.1, -0.05) is 12.1 Å². The lowest BCUT2D eigenvalue weighted by Crippen LogP contribution is -2.01. The number of rotatable bonds is 5. The van der Waals surface area contributed by atoms with Gasteiger partial charge in [0.1, 0.15) is 23.9 Å². The number of aliphatic hydroxyl groups is 1. The maximum atomic E-state index is 13.1. The van der Waals surface area contributed by atoms with Crippen LogP contribution in [0.2, 0.25) is 0 Å². The molecule has 0 spiro atoms. The molecule has 106 valence electrons. The lowest BCUT2D eigenvalue weighted by molar-refractivity contribution is 0.190. The summed E-state index contributed by atoms with van der Waals surface area (Å²) in [5.74, 6) is 0.875. The molecule has 0 saturated heterocycles. The Kier molecular flexibility index (Phi) is 4.58. The number of hydrogen-bond donors (Lipinski definition) is 1. The summed E-state index contributed by atoms with van der Waals surface area (Å²) in [5, 5.41) is 9.73. The molecule has 0 radical (unpaired) electrons. The van der Waals surface area contributed by atoms with Gasteiger partial charge in [0.15, 0.2) is 0 Å². The van der Waals surface area contributed by atoms with Gasteiger partial charge >= 0.3 is 0 Å². The van der Waals surface area contributed by atoms with Gasteiger partial charge in [-0.2, -0.15) is 0 Å². The molecule has 0 aliphatic carbocycles. The highest BCUT2D eigenvalue weighted by molar-refractivity contribution is 5.42. The molecule has 0 amide bonds. The summed E-state index contributed by atoms with van der Waals surface area (Å²) in [7, 11) is 1.56. The van der Waals surface area contributed by atoms with Crippen LogP contribution in [-0.2, 0) is 6.61 Å². The van der Waals surface area contributed by atoms with E-state index in [9.17, 15) is 9.50 Å². The standard InChI is InChI=1S/C16H17FO3/c1-11(18)15-7-6-14(19-2)9-16(15)20-10-12-4-3-5-13(17)8-12/h3-9,11,18H,10H2,1-2H3/t11-/m1/s1. The molecule has 0 unspecified atom stereocenters. The zero-order valence-electron chi connectivity index (χ0n) is 11.5. The van der Waals surface area contributed by atoms with Gasteiger partial charge in [0, 0.05) is 11.6 Å². The topological polar surface area (TPSA) is 38.7 Å². The van der Waals surface area contributed by atoms with E-state index in [2.05, 4.69) is 0 Å². The Morgan fingerprint density at radius 2 is 2.00 bits per heavy atom. The number of ether oxygens (including phenoxy) is 2. The van der Waals surface area contributed by atoms with E-state index in [0.717, 1.165) is 5.56 Å². The van der Waals surface area contributed by atoms with Gasteiger partial charge in [-0.3, -0.25) is 0 Å². The molecule has 4 heteroatoms. The van der Waals surface area contributed by atoms with Gasteiger partial charge in [-0.05, 0) is 36.8 Å². The summed E-state index contributed by atoms with van der Waals surface area (Å²) in [6.07, 6.45) is -0.650. The van der Waals surface area contributed by atoms with Crippen LogP contribution < -0.4 is 9.47 Å². The summed E-state index contributed by atoms with van der Waals surface area (Å²) in [5.41, 5.74) is 1.39. The van der Waals surface area contributed by atoms with Gasteiger partial charge in [0.2, 0.25) is 0 Å². The van der Waals surface area contributed by atoms with E-state index >= 15 is 0 Å². The number of halogens is 1. The number of methoxy groups -OCH3 is 1. The fourth-order valence-electron chi connectivity index (χ4n) is 1.90. The molecular formula is C16H17FO3. The monoisotopic (exact) mass is 276 g/mol. The van der Waals surface area contributed by atoms with Crippen molar-refractivity contribution in [2.45, 2.75) is 19.6 Å². The van der Waals surface area contributed by atoms with Crippen molar-refractivity contribution in [1.82, 2.24) is 0 Å². The third-order valence-electron chi connectivity index (χ3n) is 2.95. The summed E-state index contributed by atoms with van der Waals surface area (Å²) in [6, 6.07) is 11.4. The molecular weight excluding hydrogens is 259 g/mol. The summed E-state index contributed by atoms with van der Waals surface area (Å²) < 4.78 is 23.9. The first-order valence-corrected chi connectivity index (χ1v) is 6.33. The van der Waals surface area contributed by atoms with E-state index in [4.69, 9.17) is 9.47 Å². The van der Waals surface area contributed by atoms with E-state index in [0.29, 0.717) is 17.1 Å². The Hall–Kier alpha value is -2.07. The zero-order valence-corrected chi connectivity index (χ0v) is 11.5. The van der Waals surface area contributed by atoms with Crippen molar-refractivity contribution >= 4 is 0 Å². The van der Waals surface area contributed by atoms with E-state index in [-0.39, 0.29) is 12.4 Å². The zero-order chi connectivity index (χ0) is 14.5. The third-order valence-corrected chi connectivity index (χ3v) is 2.95. The molecule has 0 bridgehead atoms. The van der Waals surface area contributed by atoms with E-state index in [1.807, 2.05) is 0 Å². The molecule has 0 heterocycles. The smallest absolute Gasteiger partial charge is 0.129 e. The van der Waals surface area contributed by atoms with Crippen molar-refractivity contribution < 1.29 is 19.0 Å². The Labute approximate surface area is 117 Å². The van der Waals surface area contributed by atoms with Crippen molar-refractivity contribution in [2.24, 2.45) is 0 Å². The Morgan fingerprint density at radius 1 is 1.20 bits per heavy atom. The maximum Gasteiger partial charge on any atom is 0.129 e. The average Bonchev–Trinajstić information content (AvgIpc) is 2.44. The van der Waals surface area contributed by atoms with Crippen molar-refractivity contribution in [3.8, 4) is 11.5 Å². The van der Waals surface area contributed by atoms with Crippen LogP contribution in [0.15, 0.2) is 42.5 Å². The van der Waals surface area contributed by atoms with Gasteiger partial charge in [-0.25, -0.2) is 4.39 Å². The first kappa shape index (κ1) is 14.3. The number of benzene rings is 2. The van der Waals surface area contributed by atoms with Crippen LogP contribution in [0.3, 0.4) is 0 Å². The number of aliphatic hydroxyl groups excluding tert-OH is 1. The fraction of sp³-hybridized carbons (Fsp3) is 0.250. The minimum absolute atomic E-state index is 0.227. The lowest BCUT2D eigenvalue weighted by atomic mass is 10.1. The van der Waals surface area contributed by atoms with Crippen LogP contribution in [0, 0.1) is 5.82 Å². The van der Waals surface area contributed by atoms with Crippen LogP contribution in [0.1, 0.15) is 24.2 Å². The Bertz CT molecular complexity index is 582. The van der Waals surface area contributed by atoms with E-state index in [1.165, 1.54) is 12.1 Å². The minimum atomic E-state index is -0.650. The second-order valence-corrected chi connectivity index (χ2v) is 4.50. The molecule has 2 aromatic rings. The Balaban J connectivity index is 2.19. The second-order valence-electron chi connectivity index (χ2n) is 4.50. The van der Waals surface area contributed by atoms with Crippen LogP contribution in [0.25, 0.3) is 0 Å². The molecule has 3 nitrogen and oxygen atoms in total. The molecule has 0 aliphatic rings. The second kappa shape index (κ2) is 6.39. The van der Waals surface area contributed by atoms with Crippen LogP contribution in [0.4, 0.5) is 4.39 Å². The molecule has 1 N–H and O–H groups in total. The lowest BCUT2D eigenvalue weighted by Gasteiger charge is -2.14. The quantitative estimate of drug-likeness (QED) is 0.908. The van der Waals surface area contributed by atoms with Gasteiger partial charge in [0.05, 0.1) is 13.2 Å². The predicted molar refractivity (Wildman–Crippen MR) is 74.4 cm³/mol.